The summed E-state index contributed by atoms with van der Waals surface area (Å²) in [5, 5.41) is 9.63. The van der Waals surface area contributed by atoms with Gasteiger partial charge in [-0.15, -0.1) is 0 Å². The fourth-order valence-corrected chi connectivity index (χ4v) is 3.08. The molecule has 1 saturated heterocycles. The molecule has 2 unspecified atom stereocenters. The van der Waals surface area contributed by atoms with Crippen LogP contribution in [0, 0.1) is 0 Å². The molecule has 1 heterocycles. The Bertz CT molecular complexity index is 504. The van der Waals surface area contributed by atoms with Crippen molar-refractivity contribution in [2.75, 3.05) is 19.6 Å². The molecule has 3 N–H and O–H groups in total. The zero-order valence-corrected chi connectivity index (χ0v) is 12.9. The van der Waals surface area contributed by atoms with E-state index < -0.39 is 11.5 Å². The average molecular weight is 292 g/mol. The van der Waals surface area contributed by atoms with Gasteiger partial charge in [0.05, 0.1) is 11.7 Å². The third kappa shape index (κ3) is 3.61. The SMILES string of the molecule is CC1CN(CC(N)(C(=O)O)c2ccccc2)CC(C)(C)O1. The van der Waals surface area contributed by atoms with E-state index in [0.717, 1.165) is 0 Å². The van der Waals surface area contributed by atoms with Gasteiger partial charge < -0.3 is 15.6 Å². The normalized spacial score (nSPS) is 25.2. The molecule has 0 bridgehead atoms. The summed E-state index contributed by atoms with van der Waals surface area (Å²) in [4.78, 5) is 13.8. The molecule has 2 atom stereocenters. The number of nitrogens with two attached hydrogens (primary N) is 1. The van der Waals surface area contributed by atoms with Crippen LogP contribution in [0.25, 0.3) is 0 Å². The van der Waals surface area contributed by atoms with Crippen LogP contribution in [0.5, 0.6) is 0 Å². The Kier molecular flexibility index (Phi) is 4.37. The minimum absolute atomic E-state index is 0.0579. The molecular weight excluding hydrogens is 268 g/mol. The maximum atomic E-state index is 11.8. The van der Waals surface area contributed by atoms with Gasteiger partial charge in [-0.2, -0.15) is 0 Å². The maximum Gasteiger partial charge on any atom is 0.329 e. The van der Waals surface area contributed by atoms with Crippen LogP contribution < -0.4 is 5.73 Å². The highest BCUT2D eigenvalue weighted by atomic mass is 16.5. The van der Waals surface area contributed by atoms with Gasteiger partial charge in [-0.3, -0.25) is 4.90 Å². The fourth-order valence-electron chi connectivity index (χ4n) is 3.08. The number of hydrogen-bond acceptors (Lipinski definition) is 4. The smallest absolute Gasteiger partial charge is 0.329 e. The van der Waals surface area contributed by atoms with E-state index in [4.69, 9.17) is 10.5 Å². The highest BCUT2D eigenvalue weighted by Gasteiger charge is 2.41. The zero-order chi connectivity index (χ0) is 15.7. The third-order valence-electron chi connectivity index (χ3n) is 3.78. The van der Waals surface area contributed by atoms with Crippen molar-refractivity contribution in [3.05, 3.63) is 35.9 Å². The Morgan fingerprint density at radius 3 is 2.62 bits per heavy atom. The number of nitrogens with zero attached hydrogens (tertiary/aromatic N) is 1. The lowest BCUT2D eigenvalue weighted by molar-refractivity contribution is -0.151. The van der Waals surface area contributed by atoms with E-state index in [0.29, 0.717) is 18.7 Å². The molecule has 116 valence electrons. The molecule has 2 rings (SSSR count). The number of carboxylic acids is 1. The number of ether oxygens (including phenoxy) is 1. The van der Waals surface area contributed by atoms with E-state index in [1.54, 1.807) is 12.1 Å². The first kappa shape index (κ1) is 15.9. The highest BCUT2D eigenvalue weighted by Crippen LogP contribution is 2.25. The van der Waals surface area contributed by atoms with Crippen molar-refractivity contribution in [3.63, 3.8) is 0 Å². The second-order valence-corrected chi connectivity index (χ2v) is 6.50. The number of hydrogen-bond donors (Lipinski definition) is 2. The summed E-state index contributed by atoms with van der Waals surface area (Å²) in [6.45, 7) is 7.63. The topological polar surface area (TPSA) is 75.8 Å². The van der Waals surface area contributed by atoms with Crippen molar-refractivity contribution in [2.24, 2.45) is 5.73 Å². The summed E-state index contributed by atoms with van der Waals surface area (Å²) >= 11 is 0. The summed E-state index contributed by atoms with van der Waals surface area (Å²) in [5.41, 5.74) is 5.16. The Labute approximate surface area is 125 Å². The van der Waals surface area contributed by atoms with Crippen LogP contribution in [0.4, 0.5) is 0 Å². The van der Waals surface area contributed by atoms with Crippen molar-refractivity contribution in [1.29, 1.82) is 0 Å². The second kappa shape index (κ2) is 5.75. The fraction of sp³-hybridized carbons (Fsp3) is 0.562. The average Bonchev–Trinajstić information content (AvgIpc) is 2.36. The van der Waals surface area contributed by atoms with Crippen molar-refractivity contribution in [3.8, 4) is 0 Å². The van der Waals surface area contributed by atoms with Crippen LogP contribution in [-0.4, -0.2) is 47.3 Å². The Hall–Kier alpha value is -1.43. The lowest BCUT2D eigenvalue weighted by atomic mass is 9.89. The molecule has 0 amide bonds. The molecule has 1 aromatic carbocycles. The van der Waals surface area contributed by atoms with Gasteiger partial charge in [-0.1, -0.05) is 30.3 Å². The minimum Gasteiger partial charge on any atom is -0.480 e. The third-order valence-corrected chi connectivity index (χ3v) is 3.78. The molecule has 0 radical (unpaired) electrons. The molecule has 0 aromatic heterocycles. The molecule has 1 fully saturated rings. The van der Waals surface area contributed by atoms with Crippen LogP contribution in [0.1, 0.15) is 26.3 Å². The van der Waals surface area contributed by atoms with E-state index in [1.807, 2.05) is 39.0 Å². The first-order valence-electron chi connectivity index (χ1n) is 7.21. The molecule has 0 aliphatic carbocycles. The minimum atomic E-state index is -1.41. The lowest BCUT2D eigenvalue weighted by Gasteiger charge is -2.44. The quantitative estimate of drug-likeness (QED) is 0.878. The van der Waals surface area contributed by atoms with Crippen molar-refractivity contribution in [1.82, 2.24) is 4.90 Å². The van der Waals surface area contributed by atoms with Gasteiger partial charge in [0.1, 0.15) is 0 Å². The molecule has 5 nitrogen and oxygen atoms in total. The number of benzene rings is 1. The zero-order valence-electron chi connectivity index (χ0n) is 12.9. The molecular formula is C16H24N2O3. The first-order valence-corrected chi connectivity index (χ1v) is 7.21. The number of aliphatic carboxylic acids is 1. The van der Waals surface area contributed by atoms with Crippen LogP contribution in [0.2, 0.25) is 0 Å². The van der Waals surface area contributed by atoms with Gasteiger partial charge in [0, 0.05) is 19.6 Å². The predicted molar refractivity (Wildman–Crippen MR) is 81.0 cm³/mol. The summed E-state index contributed by atoms with van der Waals surface area (Å²) < 4.78 is 5.85. The Morgan fingerprint density at radius 2 is 2.10 bits per heavy atom. The van der Waals surface area contributed by atoms with Gasteiger partial charge in [0.2, 0.25) is 0 Å². The molecule has 21 heavy (non-hydrogen) atoms. The molecule has 5 heteroatoms. The number of carbonyl (C=O) groups is 1. The number of carboxylic acid groups (broad SMARTS) is 1. The van der Waals surface area contributed by atoms with E-state index in [2.05, 4.69) is 4.90 Å². The monoisotopic (exact) mass is 292 g/mol. The number of rotatable bonds is 4. The lowest BCUT2D eigenvalue weighted by Crippen LogP contribution is -2.59. The van der Waals surface area contributed by atoms with Crippen molar-refractivity contribution >= 4 is 5.97 Å². The Balaban J connectivity index is 2.23. The Morgan fingerprint density at radius 1 is 1.48 bits per heavy atom. The van der Waals surface area contributed by atoms with Gasteiger partial charge in [-0.05, 0) is 26.3 Å². The largest absolute Gasteiger partial charge is 0.480 e. The van der Waals surface area contributed by atoms with Crippen molar-refractivity contribution < 1.29 is 14.6 Å². The van der Waals surface area contributed by atoms with Gasteiger partial charge >= 0.3 is 5.97 Å². The summed E-state index contributed by atoms with van der Waals surface area (Å²) in [6, 6.07) is 9.01. The van der Waals surface area contributed by atoms with E-state index >= 15 is 0 Å². The molecule has 1 aromatic rings. The maximum absolute atomic E-state index is 11.8. The van der Waals surface area contributed by atoms with E-state index in [-0.39, 0.29) is 18.2 Å². The summed E-state index contributed by atoms with van der Waals surface area (Å²) in [7, 11) is 0. The highest BCUT2D eigenvalue weighted by molar-refractivity contribution is 5.80. The predicted octanol–water partition coefficient (Wildman–Crippen LogP) is 1.42. The van der Waals surface area contributed by atoms with Crippen LogP contribution >= 0.6 is 0 Å². The van der Waals surface area contributed by atoms with Gasteiger partial charge in [0.25, 0.3) is 0 Å². The molecule has 1 aliphatic rings. The van der Waals surface area contributed by atoms with Crippen LogP contribution in [0.3, 0.4) is 0 Å². The standard InChI is InChI=1S/C16H24N2O3/c1-12-9-18(10-15(2,3)21-12)11-16(17,14(19)20)13-7-5-4-6-8-13/h4-8,12H,9-11,17H2,1-3H3,(H,19,20). The molecule has 0 spiro atoms. The van der Waals surface area contributed by atoms with Gasteiger partial charge in [0.15, 0.2) is 5.54 Å². The summed E-state index contributed by atoms with van der Waals surface area (Å²) in [6.07, 6.45) is 0.0579. The number of morpholine rings is 1. The van der Waals surface area contributed by atoms with Gasteiger partial charge in [-0.25, -0.2) is 4.79 Å². The molecule has 0 saturated carbocycles. The first-order chi connectivity index (χ1) is 9.73. The summed E-state index contributed by atoms with van der Waals surface area (Å²) in [5.74, 6) is -1.01. The van der Waals surface area contributed by atoms with E-state index in [9.17, 15) is 9.90 Å². The van der Waals surface area contributed by atoms with Crippen LogP contribution in [-0.2, 0) is 15.1 Å². The second-order valence-electron chi connectivity index (χ2n) is 6.50. The molecule has 1 aliphatic heterocycles. The van der Waals surface area contributed by atoms with Crippen LogP contribution in [0.15, 0.2) is 30.3 Å². The van der Waals surface area contributed by atoms with E-state index in [1.165, 1.54) is 0 Å². The van der Waals surface area contributed by atoms with Crippen molar-refractivity contribution in [2.45, 2.75) is 38.0 Å².